The number of ether oxygens (including phenoxy) is 2. The van der Waals surface area contributed by atoms with Gasteiger partial charge in [-0.25, -0.2) is 19.6 Å². The van der Waals surface area contributed by atoms with Gasteiger partial charge in [-0.1, -0.05) is 42.5 Å². The van der Waals surface area contributed by atoms with Gasteiger partial charge in [-0.05, 0) is 31.0 Å². The molecule has 3 heterocycles. The second-order valence-electron chi connectivity index (χ2n) is 11.1. The number of nitrogens with zero attached hydrogens (tertiary/aromatic N) is 5. The van der Waals surface area contributed by atoms with Gasteiger partial charge in [0.1, 0.15) is 17.6 Å². The molecule has 0 unspecified atom stereocenters. The van der Waals surface area contributed by atoms with E-state index < -0.39 is 24.0 Å². The molecule has 242 valence electrons. The fourth-order valence-electron chi connectivity index (χ4n) is 5.55. The number of nitrogens with one attached hydrogen (secondary N) is 1. The van der Waals surface area contributed by atoms with Crippen LogP contribution in [0.2, 0.25) is 0 Å². The third-order valence-electron chi connectivity index (χ3n) is 8.14. The lowest BCUT2D eigenvalue weighted by Gasteiger charge is -2.36. The third-order valence-corrected chi connectivity index (χ3v) is 8.14. The molecule has 5 rings (SSSR count). The molecule has 2 atom stereocenters. The number of hydrogen-bond acceptors (Lipinski definition) is 9. The monoisotopic (exact) mass is 630 g/mol. The molecular weight excluding hydrogens is 592 g/mol. The summed E-state index contributed by atoms with van der Waals surface area (Å²) in [5, 5.41) is 12.2. The molecule has 2 saturated heterocycles. The maximum atomic E-state index is 13.9. The molecule has 3 aromatic rings. The average molecular weight is 631 g/mol. The summed E-state index contributed by atoms with van der Waals surface area (Å²) in [4.78, 5) is 65.9. The smallest absolute Gasteiger partial charge is 0.409 e. The van der Waals surface area contributed by atoms with E-state index in [0.29, 0.717) is 43.4 Å². The van der Waals surface area contributed by atoms with Gasteiger partial charge in [0.15, 0.2) is 5.82 Å². The van der Waals surface area contributed by atoms with E-state index >= 15 is 0 Å². The van der Waals surface area contributed by atoms with Crippen molar-refractivity contribution in [3.05, 3.63) is 77.5 Å². The first-order valence-electron chi connectivity index (χ1n) is 15.3. The largest absolute Gasteiger partial charge is 0.478 e. The van der Waals surface area contributed by atoms with Crippen LogP contribution in [-0.2, 0) is 20.7 Å². The summed E-state index contributed by atoms with van der Waals surface area (Å²) in [6.07, 6.45) is 0.560. The van der Waals surface area contributed by atoms with Gasteiger partial charge < -0.3 is 34.6 Å². The van der Waals surface area contributed by atoms with Crippen molar-refractivity contribution < 1.29 is 33.8 Å². The number of hydrogen-bond donors (Lipinski definition) is 2. The normalized spacial score (nSPS) is 17.0. The van der Waals surface area contributed by atoms with Crippen LogP contribution < -0.4 is 10.2 Å². The van der Waals surface area contributed by atoms with Gasteiger partial charge in [-0.15, -0.1) is 0 Å². The zero-order valence-electron chi connectivity index (χ0n) is 25.9. The first kappa shape index (κ1) is 32.4. The number of methoxy groups -OCH3 is 1. The van der Waals surface area contributed by atoms with Gasteiger partial charge in [0, 0.05) is 64.4 Å². The van der Waals surface area contributed by atoms with Crippen molar-refractivity contribution in [1.82, 2.24) is 25.1 Å². The maximum Gasteiger partial charge on any atom is 0.409 e. The Bertz CT molecular complexity index is 1540. The molecule has 3 amide bonds. The van der Waals surface area contributed by atoms with E-state index in [0.717, 1.165) is 12.0 Å². The fraction of sp³-hybridized carbons (Fsp3) is 0.394. The highest BCUT2D eigenvalue weighted by atomic mass is 16.6. The third kappa shape index (κ3) is 7.78. The molecule has 2 aromatic carbocycles. The van der Waals surface area contributed by atoms with Crippen molar-refractivity contribution in [2.75, 3.05) is 57.9 Å². The molecular formula is C33H38N6O7. The minimum Gasteiger partial charge on any atom is -0.478 e. The molecule has 0 saturated carbocycles. The van der Waals surface area contributed by atoms with Crippen molar-refractivity contribution in [3.8, 4) is 11.4 Å². The number of carboxylic acid groups (broad SMARTS) is 1. The van der Waals surface area contributed by atoms with Crippen LogP contribution in [0.3, 0.4) is 0 Å². The number of carboxylic acids is 1. The Hall–Kier alpha value is -5.04. The molecule has 13 heteroatoms. The summed E-state index contributed by atoms with van der Waals surface area (Å²) in [7, 11) is 1.67. The Labute approximate surface area is 267 Å². The van der Waals surface area contributed by atoms with Crippen molar-refractivity contribution in [2.24, 2.45) is 0 Å². The summed E-state index contributed by atoms with van der Waals surface area (Å²) >= 11 is 0. The minimum atomic E-state index is -1.06. The lowest BCUT2D eigenvalue weighted by atomic mass is 10.0. The van der Waals surface area contributed by atoms with E-state index in [1.807, 2.05) is 30.3 Å². The lowest BCUT2D eigenvalue weighted by molar-refractivity contribution is -0.134. The molecule has 13 nitrogen and oxygen atoms in total. The maximum absolute atomic E-state index is 13.9. The molecule has 46 heavy (non-hydrogen) atoms. The van der Waals surface area contributed by atoms with Gasteiger partial charge in [-0.3, -0.25) is 9.59 Å². The topological polar surface area (TPSA) is 154 Å². The SMILES string of the molecule is CCOC(=O)N1CCN(C(=O)[C@H](Cc2ccc(C(=O)O)cc2)NC(=O)c2cc(N3CC[C@H](OC)C3)nc(-c3ccccc3)n2)CC1. The Morgan fingerprint density at radius 3 is 2.28 bits per heavy atom. The highest BCUT2D eigenvalue weighted by molar-refractivity contribution is 5.97. The van der Waals surface area contributed by atoms with Crippen molar-refractivity contribution >= 4 is 29.7 Å². The zero-order valence-corrected chi connectivity index (χ0v) is 25.9. The number of rotatable bonds is 10. The number of carbonyl (C=O) groups excluding carboxylic acids is 3. The number of carbonyl (C=O) groups is 4. The molecule has 2 fully saturated rings. The Balaban J connectivity index is 1.41. The predicted molar refractivity (Wildman–Crippen MR) is 169 cm³/mol. The summed E-state index contributed by atoms with van der Waals surface area (Å²) in [6.45, 7) is 4.46. The van der Waals surface area contributed by atoms with E-state index in [-0.39, 0.29) is 49.4 Å². The number of piperazine rings is 1. The second kappa shape index (κ2) is 14.8. The fourth-order valence-corrected chi connectivity index (χ4v) is 5.55. The number of aromatic nitrogens is 2. The summed E-state index contributed by atoms with van der Waals surface area (Å²) in [5.74, 6) is -0.962. The number of benzene rings is 2. The van der Waals surface area contributed by atoms with Gasteiger partial charge in [-0.2, -0.15) is 0 Å². The van der Waals surface area contributed by atoms with Crippen LogP contribution in [0.4, 0.5) is 10.6 Å². The lowest BCUT2D eigenvalue weighted by Crippen LogP contribution is -2.56. The van der Waals surface area contributed by atoms with Crippen LogP contribution in [0.25, 0.3) is 11.4 Å². The van der Waals surface area contributed by atoms with Crippen LogP contribution in [0.15, 0.2) is 60.7 Å². The molecule has 0 bridgehead atoms. The number of anilines is 1. The Morgan fingerprint density at radius 1 is 0.957 bits per heavy atom. The van der Waals surface area contributed by atoms with Crippen LogP contribution in [0.5, 0.6) is 0 Å². The predicted octanol–water partition coefficient (Wildman–Crippen LogP) is 2.71. The molecule has 2 N–H and O–H groups in total. The van der Waals surface area contributed by atoms with E-state index in [4.69, 9.17) is 14.5 Å². The summed E-state index contributed by atoms with van der Waals surface area (Å²) < 4.78 is 10.6. The highest BCUT2D eigenvalue weighted by Gasteiger charge is 2.32. The first-order valence-corrected chi connectivity index (χ1v) is 15.3. The quantitative estimate of drug-likeness (QED) is 0.342. The molecule has 0 aliphatic carbocycles. The van der Waals surface area contributed by atoms with Crippen molar-refractivity contribution in [1.29, 1.82) is 0 Å². The van der Waals surface area contributed by atoms with Crippen LogP contribution in [0, 0.1) is 0 Å². The molecule has 1 aromatic heterocycles. The minimum absolute atomic E-state index is 0.0474. The van der Waals surface area contributed by atoms with Gasteiger partial charge in [0.25, 0.3) is 5.91 Å². The molecule has 0 radical (unpaired) electrons. The van der Waals surface area contributed by atoms with E-state index in [9.17, 15) is 24.3 Å². The van der Waals surface area contributed by atoms with Crippen LogP contribution >= 0.6 is 0 Å². The molecule has 2 aliphatic heterocycles. The average Bonchev–Trinajstić information content (AvgIpc) is 3.58. The standard InChI is InChI=1S/C33H38N6O7/c1-3-46-33(44)38-17-15-37(16-18-38)31(41)27(19-22-9-11-24(12-10-22)32(42)43)35-30(40)26-20-28(39-14-13-25(21-39)45-2)36-29(34-26)23-7-5-4-6-8-23/h4-12,20,25,27H,3,13-19,21H2,1-2H3,(H,35,40)(H,42,43)/t25-,27-/m0/s1. The van der Waals surface area contributed by atoms with E-state index in [1.165, 1.54) is 12.1 Å². The second-order valence-corrected chi connectivity index (χ2v) is 11.1. The molecule has 2 aliphatic rings. The van der Waals surface area contributed by atoms with Gasteiger partial charge in [0.05, 0.1) is 18.3 Å². The highest BCUT2D eigenvalue weighted by Crippen LogP contribution is 2.24. The van der Waals surface area contributed by atoms with Crippen LogP contribution in [-0.4, -0.2) is 114 Å². The van der Waals surface area contributed by atoms with E-state index in [1.54, 1.807) is 42.0 Å². The van der Waals surface area contributed by atoms with Crippen molar-refractivity contribution in [3.63, 3.8) is 0 Å². The van der Waals surface area contributed by atoms with Crippen molar-refractivity contribution in [2.45, 2.75) is 31.9 Å². The Morgan fingerprint density at radius 2 is 1.65 bits per heavy atom. The van der Waals surface area contributed by atoms with E-state index in [2.05, 4.69) is 15.2 Å². The Kier molecular flexibility index (Phi) is 10.4. The molecule has 0 spiro atoms. The first-order chi connectivity index (χ1) is 22.2. The summed E-state index contributed by atoms with van der Waals surface area (Å²) in [5.41, 5.74) is 1.64. The number of aromatic carboxylic acids is 1. The van der Waals surface area contributed by atoms with Gasteiger partial charge >= 0.3 is 12.1 Å². The zero-order chi connectivity index (χ0) is 32.6. The summed E-state index contributed by atoms with van der Waals surface area (Å²) in [6, 6.07) is 16.2. The van der Waals surface area contributed by atoms with Crippen LogP contribution in [0.1, 0.15) is 39.8 Å². The number of amides is 3. The van der Waals surface area contributed by atoms with Gasteiger partial charge in [0.2, 0.25) is 5.91 Å².